The van der Waals surface area contributed by atoms with Crippen molar-refractivity contribution >= 4 is 11.8 Å². The molecule has 1 aromatic rings. The van der Waals surface area contributed by atoms with Gasteiger partial charge in [0.05, 0.1) is 12.7 Å². The number of ether oxygens (including phenoxy) is 2. The van der Waals surface area contributed by atoms with Gasteiger partial charge >= 0.3 is 0 Å². The van der Waals surface area contributed by atoms with Crippen molar-refractivity contribution in [3.8, 4) is 0 Å². The van der Waals surface area contributed by atoms with E-state index in [-0.39, 0.29) is 17.9 Å². The molecule has 1 aliphatic heterocycles. The Balaban J connectivity index is 1.82. The molecule has 1 fully saturated rings. The Morgan fingerprint density at radius 3 is 2.67 bits per heavy atom. The van der Waals surface area contributed by atoms with Gasteiger partial charge in [0.1, 0.15) is 6.10 Å². The molecule has 132 valence electrons. The van der Waals surface area contributed by atoms with Crippen molar-refractivity contribution in [2.24, 2.45) is 0 Å². The van der Waals surface area contributed by atoms with Crippen LogP contribution < -0.4 is 5.32 Å². The maximum absolute atomic E-state index is 12.4. The van der Waals surface area contributed by atoms with Crippen molar-refractivity contribution < 1.29 is 19.1 Å². The lowest BCUT2D eigenvalue weighted by Crippen LogP contribution is -2.37. The fourth-order valence-electron chi connectivity index (χ4n) is 2.67. The van der Waals surface area contributed by atoms with E-state index in [1.54, 1.807) is 38.1 Å². The van der Waals surface area contributed by atoms with Crippen LogP contribution in [0.25, 0.3) is 0 Å². The molecule has 6 heteroatoms. The Hall–Kier alpha value is -1.92. The number of nitrogens with zero attached hydrogens (tertiary/aromatic N) is 1. The molecule has 0 radical (unpaired) electrons. The summed E-state index contributed by atoms with van der Waals surface area (Å²) in [6, 6.07) is 7.21. The van der Waals surface area contributed by atoms with Gasteiger partial charge in [-0.3, -0.25) is 9.59 Å². The van der Waals surface area contributed by atoms with Crippen LogP contribution >= 0.6 is 0 Å². The molecular formula is C18H26N2O4. The average Bonchev–Trinajstić information content (AvgIpc) is 3.12. The SMILES string of the molecule is CNC(=O)c1ccc(CN(C)C(=O)[C@@H](C)OC[C@H]2CCCO2)cc1. The van der Waals surface area contributed by atoms with Crippen LogP contribution in [0, 0.1) is 0 Å². The summed E-state index contributed by atoms with van der Waals surface area (Å²) in [6.07, 6.45) is 1.67. The van der Waals surface area contributed by atoms with Crippen molar-refractivity contribution in [1.82, 2.24) is 10.2 Å². The molecule has 0 saturated carbocycles. The van der Waals surface area contributed by atoms with Crippen molar-refractivity contribution in [2.75, 3.05) is 27.3 Å². The fourth-order valence-corrected chi connectivity index (χ4v) is 2.67. The largest absolute Gasteiger partial charge is 0.376 e. The van der Waals surface area contributed by atoms with Gasteiger partial charge < -0.3 is 19.7 Å². The van der Waals surface area contributed by atoms with E-state index in [1.165, 1.54) is 0 Å². The lowest BCUT2D eigenvalue weighted by Gasteiger charge is -2.22. The summed E-state index contributed by atoms with van der Waals surface area (Å²) < 4.78 is 11.1. The zero-order chi connectivity index (χ0) is 17.5. The van der Waals surface area contributed by atoms with Crippen molar-refractivity contribution in [2.45, 2.75) is 38.5 Å². The zero-order valence-electron chi connectivity index (χ0n) is 14.6. The molecule has 2 atom stereocenters. The van der Waals surface area contributed by atoms with Gasteiger partial charge in [0.15, 0.2) is 0 Å². The van der Waals surface area contributed by atoms with E-state index in [4.69, 9.17) is 9.47 Å². The lowest BCUT2D eigenvalue weighted by molar-refractivity contribution is -0.143. The third-order valence-electron chi connectivity index (χ3n) is 4.14. The number of amides is 2. The summed E-state index contributed by atoms with van der Waals surface area (Å²) in [6.45, 7) is 3.48. The highest BCUT2D eigenvalue weighted by Gasteiger charge is 2.22. The first kappa shape index (κ1) is 18.4. The van der Waals surface area contributed by atoms with E-state index >= 15 is 0 Å². The third kappa shape index (κ3) is 5.04. The number of hydrogen-bond acceptors (Lipinski definition) is 4. The second-order valence-electron chi connectivity index (χ2n) is 6.08. The van der Waals surface area contributed by atoms with Gasteiger partial charge in [-0.15, -0.1) is 0 Å². The second-order valence-corrected chi connectivity index (χ2v) is 6.08. The Kier molecular flexibility index (Phi) is 6.75. The van der Waals surface area contributed by atoms with Crippen LogP contribution in [0.5, 0.6) is 0 Å². The molecule has 1 saturated heterocycles. The lowest BCUT2D eigenvalue weighted by atomic mass is 10.1. The summed E-state index contributed by atoms with van der Waals surface area (Å²) in [5.41, 5.74) is 1.56. The Labute approximate surface area is 143 Å². The van der Waals surface area contributed by atoms with Gasteiger partial charge in [-0.2, -0.15) is 0 Å². The minimum atomic E-state index is -0.496. The topological polar surface area (TPSA) is 67.9 Å². The quantitative estimate of drug-likeness (QED) is 0.822. The number of likely N-dealkylation sites (N-methyl/N-ethyl adjacent to an activating group) is 1. The van der Waals surface area contributed by atoms with Crippen molar-refractivity contribution in [1.29, 1.82) is 0 Å². The van der Waals surface area contributed by atoms with Crippen molar-refractivity contribution in [3.63, 3.8) is 0 Å². The molecule has 0 aromatic heterocycles. The number of benzene rings is 1. The molecular weight excluding hydrogens is 308 g/mol. The van der Waals surface area contributed by atoms with E-state index in [1.807, 2.05) is 12.1 Å². The van der Waals surface area contributed by atoms with Gasteiger partial charge in [-0.25, -0.2) is 0 Å². The highest BCUT2D eigenvalue weighted by Crippen LogP contribution is 2.14. The molecule has 6 nitrogen and oxygen atoms in total. The van der Waals surface area contributed by atoms with Crippen LogP contribution in [-0.4, -0.2) is 56.2 Å². The summed E-state index contributed by atoms with van der Waals surface area (Å²) in [4.78, 5) is 25.5. The second kappa shape index (κ2) is 8.80. The molecule has 0 bridgehead atoms. The first-order chi connectivity index (χ1) is 11.5. The highest BCUT2D eigenvalue weighted by molar-refractivity contribution is 5.93. The molecule has 0 unspecified atom stereocenters. The maximum atomic E-state index is 12.4. The van der Waals surface area contributed by atoms with E-state index in [9.17, 15) is 9.59 Å². The molecule has 24 heavy (non-hydrogen) atoms. The fraction of sp³-hybridized carbons (Fsp3) is 0.556. The molecule has 1 heterocycles. The van der Waals surface area contributed by atoms with Gasteiger partial charge in [0, 0.05) is 32.8 Å². The smallest absolute Gasteiger partial charge is 0.251 e. The number of nitrogens with one attached hydrogen (secondary N) is 1. The van der Waals surface area contributed by atoms with Crippen LogP contribution in [0.4, 0.5) is 0 Å². The van der Waals surface area contributed by atoms with Crippen LogP contribution in [0.15, 0.2) is 24.3 Å². The van der Waals surface area contributed by atoms with Gasteiger partial charge in [0.25, 0.3) is 11.8 Å². The molecule has 2 amide bonds. The molecule has 1 aromatic carbocycles. The molecule has 2 rings (SSSR count). The van der Waals surface area contributed by atoms with Gasteiger partial charge in [0.2, 0.25) is 0 Å². The van der Waals surface area contributed by atoms with Crippen LogP contribution in [-0.2, 0) is 20.8 Å². The molecule has 1 N–H and O–H groups in total. The van der Waals surface area contributed by atoms with Crippen LogP contribution in [0.1, 0.15) is 35.7 Å². The number of rotatable bonds is 7. The Morgan fingerprint density at radius 1 is 1.38 bits per heavy atom. The highest BCUT2D eigenvalue weighted by atomic mass is 16.5. The summed E-state index contributed by atoms with van der Waals surface area (Å²) >= 11 is 0. The average molecular weight is 334 g/mol. The molecule has 0 aliphatic carbocycles. The van der Waals surface area contributed by atoms with E-state index in [0.717, 1.165) is 25.0 Å². The summed E-state index contributed by atoms with van der Waals surface area (Å²) in [5.74, 6) is -0.189. The normalized spacial score (nSPS) is 18.2. The van der Waals surface area contributed by atoms with E-state index in [0.29, 0.717) is 18.7 Å². The van der Waals surface area contributed by atoms with Gasteiger partial charge in [-0.05, 0) is 37.5 Å². The van der Waals surface area contributed by atoms with E-state index < -0.39 is 6.10 Å². The maximum Gasteiger partial charge on any atom is 0.251 e. The van der Waals surface area contributed by atoms with Gasteiger partial charge in [-0.1, -0.05) is 12.1 Å². The first-order valence-electron chi connectivity index (χ1n) is 8.30. The Bertz CT molecular complexity index is 553. The number of carbonyl (C=O) groups is 2. The minimum absolute atomic E-state index is 0.0663. The predicted molar refractivity (Wildman–Crippen MR) is 90.7 cm³/mol. The summed E-state index contributed by atoms with van der Waals surface area (Å²) in [5, 5.41) is 2.58. The minimum Gasteiger partial charge on any atom is -0.376 e. The van der Waals surface area contributed by atoms with Crippen LogP contribution in [0.3, 0.4) is 0 Å². The number of carbonyl (C=O) groups excluding carboxylic acids is 2. The molecule has 1 aliphatic rings. The van der Waals surface area contributed by atoms with Crippen molar-refractivity contribution in [3.05, 3.63) is 35.4 Å². The molecule has 0 spiro atoms. The van der Waals surface area contributed by atoms with Crippen LogP contribution in [0.2, 0.25) is 0 Å². The Morgan fingerprint density at radius 2 is 2.08 bits per heavy atom. The summed E-state index contributed by atoms with van der Waals surface area (Å²) in [7, 11) is 3.35. The zero-order valence-corrected chi connectivity index (χ0v) is 14.6. The standard InChI is InChI=1S/C18H26N2O4/c1-13(24-12-16-5-4-10-23-16)18(22)20(3)11-14-6-8-15(9-7-14)17(21)19-2/h6-9,13,16H,4-5,10-12H2,1-3H3,(H,19,21)/t13-,16-/m1/s1. The van der Waals surface area contributed by atoms with E-state index in [2.05, 4.69) is 5.32 Å². The first-order valence-corrected chi connectivity index (χ1v) is 8.30. The predicted octanol–water partition coefficient (Wildman–Crippen LogP) is 1.59. The third-order valence-corrected chi connectivity index (χ3v) is 4.14. The number of hydrogen-bond donors (Lipinski definition) is 1. The monoisotopic (exact) mass is 334 g/mol.